The normalized spacial score (nSPS) is 18.2. The molecule has 28 heavy (non-hydrogen) atoms. The lowest BCUT2D eigenvalue weighted by molar-refractivity contribution is 0.00578. The van der Waals surface area contributed by atoms with E-state index in [1.54, 1.807) is 0 Å². The van der Waals surface area contributed by atoms with Crippen LogP contribution in [0.2, 0.25) is 0 Å². The zero-order chi connectivity index (χ0) is 19.5. The topological polar surface area (TPSA) is 18.5 Å². The van der Waals surface area contributed by atoms with Crippen molar-refractivity contribution < 1.29 is 9.31 Å². The van der Waals surface area contributed by atoms with Crippen LogP contribution in [0.15, 0.2) is 66.7 Å². The van der Waals surface area contributed by atoms with Crippen LogP contribution in [-0.2, 0) is 9.31 Å². The molecule has 0 spiro atoms. The quantitative estimate of drug-likeness (QED) is 0.392. The molecule has 0 unspecified atom stereocenters. The summed E-state index contributed by atoms with van der Waals surface area (Å²) in [5.41, 5.74) is 2.81. The molecular weight excluding hydrogens is 363 g/mol. The second kappa shape index (κ2) is 6.18. The van der Waals surface area contributed by atoms with Gasteiger partial charge in [-0.3, -0.25) is 0 Å². The van der Waals surface area contributed by atoms with Gasteiger partial charge in [0.15, 0.2) is 0 Å². The second-order valence-corrected chi connectivity index (χ2v) is 9.61. The van der Waals surface area contributed by atoms with Gasteiger partial charge in [-0.1, -0.05) is 54.6 Å². The van der Waals surface area contributed by atoms with Crippen molar-refractivity contribution in [2.45, 2.75) is 38.9 Å². The highest BCUT2D eigenvalue weighted by Gasteiger charge is 2.51. The second-order valence-electron chi connectivity index (χ2n) is 8.52. The number of thiophene rings is 1. The van der Waals surface area contributed by atoms with Gasteiger partial charge in [-0.15, -0.1) is 11.3 Å². The Bertz CT molecular complexity index is 1180. The molecule has 2 nitrogen and oxygen atoms in total. The lowest BCUT2D eigenvalue weighted by Crippen LogP contribution is -2.41. The Balaban J connectivity index is 1.54. The average Bonchev–Trinajstić information content (AvgIpc) is 3.15. The van der Waals surface area contributed by atoms with E-state index < -0.39 is 0 Å². The number of rotatable bonds is 2. The Morgan fingerprint density at radius 1 is 0.679 bits per heavy atom. The lowest BCUT2D eigenvalue weighted by Gasteiger charge is -2.32. The van der Waals surface area contributed by atoms with Crippen LogP contribution in [0.5, 0.6) is 0 Å². The first-order valence-corrected chi connectivity index (χ1v) is 10.5. The van der Waals surface area contributed by atoms with E-state index in [1.807, 2.05) is 11.3 Å². The van der Waals surface area contributed by atoms with Crippen molar-refractivity contribution >= 4 is 44.1 Å². The van der Waals surface area contributed by atoms with Crippen LogP contribution in [0, 0.1) is 0 Å². The van der Waals surface area contributed by atoms with Gasteiger partial charge in [-0.2, -0.15) is 0 Å². The van der Waals surface area contributed by atoms with Crippen molar-refractivity contribution in [1.82, 2.24) is 0 Å². The first kappa shape index (κ1) is 17.9. The third-order valence-electron chi connectivity index (χ3n) is 6.12. The van der Waals surface area contributed by atoms with Gasteiger partial charge in [0, 0.05) is 20.2 Å². The minimum absolute atomic E-state index is 0.330. The van der Waals surface area contributed by atoms with E-state index in [0.29, 0.717) is 0 Å². The first-order chi connectivity index (χ1) is 13.3. The van der Waals surface area contributed by atoms with E-state index in [4.69, 9.17) is 9.31 Å². The van der Waals surface area contributed by atoms with E-state index in [0.717, 1.165) is 5.46 Å². The predicted molar refractivity (Wildman–Crippen MR) is 120 cm³/mol. The molecule has 140 valence electrons. The molecule has 1 fully saturated rings. The standard InChI is InChI=1S/C24H23BO2S/c1-23(2)24(3,4)27-25(26-23)18-9-7-8-16(14-18)17-12-13-20-19-10-5-6-11-21(19)28-22(20)15-17/h5-15H,1-4H3. The van der Waals surface area contributed by atoms with Crippen molar-refractivity contribution in [3.05, 3.63) is 66.7 Å². The molecular formula is C24H23BO2S. The Kier molecular flexibility index (Phi) is 3.96. The van der Waals surface area contributed by atoms with Gasteiger partial charge >= 0.3 is 7.12 Å². The van der Waals surface area contributed by atoms with E-state index in [-0.39, 0.29) is 18.3 Å². The van der Waals surface area contributed by atoms with Gasteiger partial charge in [0.2, 0.25) is 0 Å². The van der Waals surface area contributed by atoms with E-state index in [2.05, 4.69) is 94.4 Å². The van der Waals surface area contributed by atoms with Gasteiger partial charge in [0.1, 0.15) is 0 Å². The minimum Gasteiger partial charge on any atom is -0.399 e. The van der Waals surface area contributed by atoms with E-state index in [9.17, 15) is 0 Å². The Hall–Kier alpha value is -2.14. The van der Waals surface area contributed by atoms with Gasteiger partial charge in [-0.25, -0.2) is 0 Å². The lowest BCUT2D eigenvalue weighted by atomic mass is 9.78. The SMILES string of the molecule is CC1(C)OB(c2cccc(-c3ccc4c(c3)sc3ccccc34)c2)OC1(C)C. The van der Waals surface area contributed by atoms with Crippen LogP contribution >= 0.6 is 11.3 Å². The summed E-state index contributed by atoms with van der Waals surface area (Å²) in [7, 11) is -0.335. The van der Waals surface area contributed by atoms with Crippen molar-refractivity contribution in [3.63, 3.8) is 0 Å². The van der Waals surface area contributed by atoms with Gasteiger partial charge in [-0.05, 0) is 56.4 Å². The highest BCUT2D eigenvalue weighted by atomic mass is 32.1. The highest BCUT2D eigenvalue weighted by Crippen LogP contribution is 2.38. The molecule has 0 N–H and O–H groups in total. The van der Waals surface area contributed by atoms with Crippen LogP contribution in [0.3, 0.4) is 0 Å². The molecule has 1 aliphatic rings. The zero-order valence-electron chi connectivity index (χ0n) is 16.7. The van der Waals surface area contributed by atoms with Crippen molar-refractivity contribution in [3.8, 4) is 11.1 Å². The molecule has 5 rings (SSSR count). The van der Waals surface area contributed by atoms with Crippen molar-refractivity contribution in [1.29, 1.82) is 0 Å². The summed E-state index contributed by atoms with van der Waals surface area (Å²) in [6.07, 6.45) is 0. The summed E-state index contributed by atoms with van der Waals surface area (Å²) in [5.74, 6) is 0. The Labute approximate surface area is 170 Å². The molecule has 0 bridgehead atoms. The average molecular weight is 386 g/mol. The molecule has 4 aromatic rings. The highest BCUT2D eigenvalue weighted by molar-refractivity contribution is 7.25. The summed E-state index contributed by atoms with van der Waals surface area (Å²) in [6, 6.07) is 23.9. The zero-order valence-corrected chi connectivity index (χ0v) is 17.5. The summed E-state index contributed by atoms with van der Waals surface area (Å²) < 4.78 is 15.1. The fourth-order valence-corrected chi connectivity index (χ4v) is 4.89. The molecule has 1 aromatic heterocycles. The monoisotopic (exact) mass is 386 g/mol. The molecule has 2 heterocycles. The predicted octanol–water partition coefficient (Wildman–Crippen LogP) is 6.02. The van der Waals surface area contributed by atoms with Crippen LogP contribution in [-0.4, -0.2) is 18.3 Å². The Morgan fingerprint density at radius 2 is 1.36 bits per heavy atom. The van der Waals surface area contributed by atoms with E-state index in [1.165, 1.54) is 31.3 Å². The molecule has 0 atom stereocenters. The maximum atomic E-state index is 6.23. The summed E-state index contributed by atoms with van der Waals surface area (Å²) in [6.45, 7) is 8.36. The van der Waals surface area contributed by atoms with Crippen LogP contribution in [0.4, 0.5) is 0 Å². The third-order valence-corrected chi connectivity index (χ3v) is 7.26. The summed E-state index contributed by atoms with van der Waals surface area (Å²) in [4.78, 5) is 0. The Morgan fingerprint density at radius 3 is 2.14 bits per heavy atom. The molecule has 0 saturated carbocycles. The molecule has 1 aliphatic heterocycles. The first-order valence-electron chi connectivity index (χ1n) is 9.71. The fourth-order valence-electron chi connectivity index (χ4n) is 3.75. The molecule has 1 saturated heterocycles. The van der Waals surface area contributed by atoms with Crippen LogP contribution in [0.1, 0.15) is 27.7 Å². The number of hydrogen-bond acceptors (Lipinski definition) is 3. The van der Waals surface area contributed by atoms with Crippen molar-refractivity contribution in [2.75, 3.05) is 0 Å². The largest absolute Gasteiger partial charge is 0.494 e. The fraction of sp³-hybridized carbons (Fsp3) is 0.250. The molecule has 4 heteroatoms. The number of fused-ring (bicyclic) bond motifs is 3. The maximum Gasteiger partial charge on any atom is 0.494 e. The minimum atomic E-state index is -0.335. The van der Waals surface area contributed by atoms with Gasteiger partial charge in [0.05, 0.1) is 11.2 Å². The van der Waals surface area contributed by atoms with Crippen LogP contribution < -0.4 is 5.46 Å². The van der Waals surface area contributed by atoms with Gasteiger partial charge in [0.25, 0.3) is 0 Å². The molecule has 3 aromatic carbocycles. The van der Waals surface area contributed by atoms with Crippen molar-refractivity contribution in [2.24, 2.45) is 0 Å². The maximum absolute atomic E-state index is 6.23. The molecule has 0 amide bonds. The third kappa shape index (κ3) is 2.79. The van der Waals surface area contributed by atoms with Crippen LogP contribution in [0.25, 0.3) is 31.3 Å². The molecule has 0 radical (unpaired) electrons. The van der Waals surface area contributed by atoms with E-state index >= 15 is 0 Å². The summed E-state index contributed by atoms with van der Waals surface area (Å²) in [5, 5.41) is 2.66. The number of hydrogen-bond donors (Lipinski definition) is 0. The molecule has 0 aliphatic carbocycles. The van der Waals surface area contributed by atoms with Gasteiger partial charge < -0.3 is 9.31 Å². The number of benzene rings is 3. The smallest absolute Gasteiger partial charge is 0.399 e. The summed E-state index contributed by atoms with van der Waals surface area (Å²) >= 11 is 1.85.